The van der Waals surface area contributed by atoms with Gasteiger partial charge in [0.15, 0.2) is 16.6 Å². The maximum Gasteiger partial charge on any atom is 0.264 e. The highest BCUT2D eigenvalue weighted by molar-refractivity contribution is 7.92. The highest BCUT2D eigenvalue weighted by atomic mass is 35.5. The molecule has 0 spiro atoms. The van der Waals surface area contributed by atoms with E-state index in [9.17, 15) is 13.2 Å². The lowest BCUT2D eigenvalue weighted by atomic mass is 10.2. The van der Waals surface area contributed by atoms with Gasteiger partial charge in [-0.15, -0.1) is 12.4 Å². The molecule has 41 heavy (non-hydrogen) atoms. The first-order valence-corrected chi connectivity index (χ1v) is 15.4. The highest BCUT2D eigenvalue weighted by Gasteiger charge is 2.31. The number of aromatic nitrogens is 1. The van der Waals surface area contributed by atoms with Crippen LogP contribution in [0.15, 0.2) is 65.6 Å². The number of rotatable bonds is 8. The second-order valence-corrected chi connectivity index (χ2v) is 12.9. The third-order valence-electron chi connectivity index (χ3n) is 7.04. The zero-order valence-corrected chi connectivity index (χ0v) is 25.2. The predicted octanol–water partition coefficient (Wildman–Crippen LogP) is 4.84. The molecule has 2 aliphatic heterocycles. The topological polar surface area (TPSA) is 92.3 Å². The fourth-order valence-corrected chi connectivity index (χ4v) is 7.51. The van der Waals surface area contributed by atoms with Gasteiger partial charge in [-0.05, 0) is 69.4 Å². The van der Waals surface area contributed by atoms with Crippen LogP contribution in [0.3, 0.4) is 0 Å². The Morgan fingerprint density at radius 1 is 1.00 bits per heavy atom. The Labute approximate surface area is 249 Å². The molecular formula is C29H31ClN4O5S2. The third kappa shape index (κ3) is 5.72. The van der Waals surface area contributed by atoms with Gasteiger partial charge in [0.05, 0.1) is 20.8 Å². The van der Waals surface area contributed by atoms with Crippen LogP contribution in [0.4, 0.5) is 10.8 Å². The summed E-state index contributed by atoms with van der Waals surface area (Å²) in [6.07, 6.45) is 1.43. The van der Waals surface area contributed by atoms with E-state index < -0.39 is 10.0 Å². The van der Waals surface area contributed by atoms with Crippen molar-refractivity contribution in [3.05, 3.63) is 71.8 Å². The van der Waals surface area contributed by atoms with Crippen LogP contribution in [0.2, 0.25) is 0 Å². The summed E-state index contributed by atoms with van der Waals surface area (Å²) in [4.78, 5) is 22.5. The minimum atomic E-state index is -3.75. The second-order valence-electron chi connectivity index (χ2n) is 10.1. The van der Waals surface area contributed by atoms with Crippen LogP contribution in [0.25, 0.3) is 10.2 Å². The molecule has 1 amide bonds. The summed E-state index contributed by atoms with van der Waals surface area (Å²) in [5, 5.41) is 0.575. The van der Waals surface area contributed by atoms with Crippen LogP contribution < -0.4 is 18.7 Å². The van der Waals surface area contributed by atoms with Crippen molar-refractivity contribution in [3.63, 3.8) is 0 Å². The Kier molecular flexibility index (Phi) is 8.42. The second kappa shape index (κ2) is 11.8. The molecule has 0 saturated carbocycles. The van der Waals surface area contributed by atoms with Gasteiger partial charge < -0.3 is 14.4 Å². The zero-order chi connectivity index (χ0) is 27.9. The van der Waals surface area contributed by atoms with Crippen molar-refractivity contribution in [1.29, 1.82) is 0 Å². The Hall–Kier alpha value is -3.38. The Bertz CT molecular complexity index is 1630. The van der Waals surface area contributed by atoms with Crippen molar-refractivity contribution in [2.24, 2.45) is 0 Å². The van der Waals surface area contributed by atoms with Gasteiger partial charge in [0, 0.05) is 30.8 Å². The van der Waals surface area contributed by atoms with E-state index in [1.165, 1.54) is 27.8 Å². The van der Waals surface area contributed by atoms with Crippen molar-refractivity contribution in [3.8, 4) is 11.5 Å². The van der Waals surface area contributed by atoms with Crippen LogP contribution in [0.1, 0.15) is 22.3 Å². The lowest BCUT2D eigenvalue weighted by Crippen LogP contribution is -2.33. The number of hydrogen-bond acceptors (Lipinski definition) is 8. The number of fused-ring (bicyclic) bond motifs is 3. The molecule has 1 aromatic heterocycles. The van der Waals surface area contributed by atoms with E-state index in [1.54, 1.807) is 17.0 Å². The number of carbonyl (C=O) groups excluding carboxylic acids is 1. The van der Waals surface area contributed by atoms with Crippen molar-refractivity contribution in [2.45, 2.75) is 17.7 Å². The molecule has 0 atom stereocenters. The van der Waals surface area contributed by atoms with Crippen LogP contribution >= 0.6 is 23.7 Å². The van der Waals surface area contributed by atoms with E-state index in [2.05, 4.69) is 4.90 Å². The number of halogens is 1. The minimum Gasteiger partial charge on any atom is -0.486 e. The van der Waals surface area contributed by atoms with Crippen molar-refractivity contribution < 1.29 is 22.7 Å². The lowest BCUT2D eigenvalue weighted by molar-refractivity contribution is 0.0986. The maximum absolute atomic E-state index is 13.8. The van der Waals surface area contributed by atoms with Crippen LogP contribution in [0, 0.1) is 0 Å². The number of nitrogens with zero attached hydrogens (tertiary/aromatic N) is 4. The number of hydrogen-bond donors (Lipinski definition) is 0. The summed E-state index contributed by atoms with van der Waals surface area (Å²) < 4.78 is 40.7. The van der Waals surface area contributed by atoms with Crippen LogP contribution in [0.5, 0.6) is 11.5 Å². The van der Waals surface area contributed by atoms with Crippen molar-refractivity contribution in [1.82, 2.24) is 9.88 Å². The van der Waals surface area contributed by atoms with E-state index >= 15 is 0 Å². The van der Waals surface area contributed by atoms with E-state index in [0.717, 1.165) is 28.7 Å². The number of benzene rings is 3. The standard InChI is InChI=1S/C29H30N4O5S2.ClH/c1-31(2)13-5-14-32(29-30-23-18-25-26(19-27(23)39-29)38-17-16-37-25)28(34)21-8-10-22(11-9-21)40(35,36)33-15-12-20-6-3-4-7-24(20)33;/h3-4,6-11,18-19H,5,12-17H2,1-2H3;1H. The fraction of sp³-hybridized carbons (Fsp3) is 0.310. The SMILES string of the molecule is CN(C)CCCN(C(=O)c1ccc(S(=O)(=O)N2CCc3ccccc32)cc1)c1nc2cc3c(cc2s1)OCCO3.Cl. The molecule has 6 rings (SSSR count). The zero-order valence-electron chi connectivity index (χ0n) is 22.8. The molecule has 3 aromatic carbocycles. The molecule has 12 heteroatoms. The molecule has 0 aliphatic carbocycles. The predicted molar refractivity (Wildman–Crippen MR) is 164 cm³/mol. The molecule has 9 nitrogen and oxygen atoms in total. The summed E-state index contributed by atoms with van der Waals surface area (Å²) in [6, 6.07) is 17.5. The van der Waals surface area contributed by atoms with E-state index in [0.29, 0.717) is 60.6 Å². The van der Waals surface area contributed by atoms with Crippen LogP contribution in [-0.2, 0) is 16.4 Å². The number of amides is 1. The van der Waals surface area contributed by atoms with Crippen LogP contribution in [-0.4, -0.2) is 71.2 Å². The summed E-state index contributed by atoms with van der Waals surface area (Å²) >= 11 is 1.42. The molecule has 0 saturated heterocycles. The van der Waals surface area contributed by atoms with Gasteiger partial charge in [-0.2, -0.15) is 0 Å². The minimum absolute atomic E-state index is 0. The average molecular weight is 615 g/mol. The maximum atomic E-state index is 13.8. The normalized spacial score (nSPS) is 14.2. The molecule has 0 radical (unpaired) electrons. The quantitative estimate of drug-likeness (QED) is 0.280. The molecule has 0 N–H and O–H groups in total. The number of anilines is 2. The molecule has 2 aliphatic rings. The lowest BCUT2D eigenvalue weighted by Gasteiger charge is -2.22. The largest absolute Gasteiger partial charge is 0.486 e. The molecule has 0 unspecified atom stereocenters. The number of carbonyl (C=O) groups is 1. The Morgan fingerprint density at radius 3 is 2.44 bits per heavy atom. The number of para-hydroxylation sites is 1. The summed E-state index contributed by atoms with van der Waals surface area (Å²) in [7, 11) is 0.237. The molecular weight excluding hydrogens is 584 g/mol. The van der Waals surface area contributed by atoms with Gasteiger partial charge in [0.2, 0.25) is 0 Å². The van der Waals surface area contributed by atoms with Gasteiger partial charge >= 0.3 is 0 Å². The van der Waals surface area contributed by atoms with Gasteiger partial charge in [-0.1, -0.05) is 29.5 Å². The molecule has 216 valence electrons. The average Bonchev–Trinajstić information content (AvgIpc) is 3.58. The first-order valence-electron chi connectivity index (χ1n) is 13.2. The smallest absolute Gasteiger partial charge is 0.264 e. The number of sulfonamides is 1. The third-order valence-corrected chi connectivity index (χ3v) is 9.91. The fourth-order valence-electron chi connectivity index (χ4n) is 5.01. The first kappa shape index (κ1) is 29.1. The van der Waals surface area contributed by atoms with Crippen molar-refractivity contribution >= 4 is 60.7 Å². The summed E-state index contributed by atoms with van der Waals surface area (Å²) in [6.45, 7) is 2.66. The molecule has 0 fully saturated rings. The first-order chi connectivity index (χ1) is 19.3. The highest BCUT2D eigenvalue weighted by Crippen LogP contribution is 2.39. The van der Waals surface area contributed by atoms with E-state index in [1.807, 2.05) is 50.5 Å². The van der Waals surface area contributed by atoms with Gasteiger partial charge in [0.1, 0.15) is 13.2 Å². The van der Waals surface area contributed by atoms with E-state index in [-0.39, 0.29) is 23.2 Å². The molecule has 0 bridgehead atoms. The molecule has 4 aromatic rings. The Balaban J connectivity index is 0.00000337. The van der Waals surface area contributed by atoms with Gasteiger partial charge in [-0.3, -0.25) is 14.0 Å². The van der Waals surface area contributed by atoms with E-state index in [4.69, 9.17) is 14.5 Å². The number of ether oxygens (including phenoxy) is 2. The summed E-state index contributed by atoms with van der Waals surface area (Å²) in [5.41, 5.74) is 2.86. The van der Waals surface area contributed by atoms with Gasteiger partial charge in [0.25, 0.3) is 15.9 Å². The van der Waals surface area contributed by atoms with Gasteiger partial charge in [-0.25, -0.2) is 13.4 Å². The van der Waals surface area contributed by atoms with Crippen molar-refractivity contribution in [2.75, 3.05) is 56.1 Å². The Morgan fingerprint density at radius 2 is 1.71 bits per heavy atom. The molecule has 3 heterocycles. The monoisotopic (exact) mass is 614 g/mol. The number of thiazole rings is 1. The summed E-state index contributed by atoms with van der Waals surface area (Å²) in [5.74, 6) is 1.10.